The van der Waals surface area contributed by atoms with E-state index in [9.17, 15) is 0 Å². The molecule has 1 fully saturated rings. The quantitative estimate of drug-likeness (QED) is 0.811. The zero-order valence-electron chi connectivity index (χ0n) is 10.1. The molecule has 0 saturated carbocycles. The Morgan fingerprint density at radius 3 is 3.06 bits per heavy atom. The molecule has 0 bridgehead atoms. The fourth-order valence-electron chi connectivity index (χ4n) is 1.94. The van der Waals surface area contributed by atoms with Crippen molar-refractivity contribution in [3.63, 3.8) is 0 Å². The molecule has 2 heterocycles. The van der Waals surface area contributed by atoms with E-state index in [4.69, 9.17) is 4.42 Å². The van der Waals surface area contributed by atoms with Gasteiger partial charge in [0, 0.05) is 26.2 Å². The van der Waals surface area contributed by atoms with Gasteiger partial charge < -0.3 is 19.5 Å². The Kier molecular flexibility index (Phi) is 3.79. The Labute approximate surface area is 96.4 Å². The first kappa shape index (κ1) is 11.4. The van der Waals surface area contributed by atoms with Crippen LogP contribution in [-0.2, 0) is 6.54 Å². The van der Waals surface area contributed by atoms with Crippen LogP contribution in [0.4, 0.5) is 6.01 Å². The summed E-state index contributed by atoms with van der Waals surface area (Å²) in [5.74, 6) is 0. The fraction of sp³-hybridized carbons (Fsp3) is 0.727. The highest BCUT2D eigenvalue weighted by atomic mass is 16.4. The van der Waals surface area contributed by atoms with Crippen LogP contribution in [0.5, 0.6) is 0 Å². The van der Waals surface area contributed by atoms with Gasteiger partial charge in [0.1, 0.15) is 6.26 Å². The van der Waals surface area contributed by atoms with Gasteiger partial charge in [-0.3, -0.25) is 0 Å². The number of nitrogens with one attached hydrogen (secondary N) is 1. The number of anilines is 1. The van der Waals surface area contributed by atoms with Crippen molar-refractivity contribution in [2.24, 2.45) is 0 Å². The van der Waals surface area contributed by atoms with Gasteiger partial charge >= 0.3 is 0 Å². The lowest BCUT2D eigenvalue weighted by Crippen LogP contribution is -2.28. The predicted molar refractivity (Wildman–Crippen MR) is 63.6 cm³/mol. The minimum absolute atomic E-state index is 0.761. The minimum Gasteiger partial charge on any atom is -0.432 e. The summed E-state index contributed by atoms with van der Waals surface area (Å²) in [5.41, 5.74) is 0.968. The first-order valence-electron chi connectivity index (χ1n) is 5.82. The summed E-state index contributed by atoms with van der Waals surface area (Å²) < 4.78 is 5.50. The molecule has 1 aliphatic rings. The SMILES string of the molecule is CNCc1coc(N2CCCN(C)CC2)n1. The zero-order chi connectivity index (χ0) is 11.4. The summed E-state index contributed by atoms with van der Waals surface area (Å²) in [6, 6.07) is 0.764. The summed E-state index contributed by atoms with van der Waals surface area (Å²) in [5, 5.41) is 3.07. The van der Waals surface area contributed by atoms with Gasteiger partial charge in [-0.1, -0.05) is 0 Å². The summed E-state index contributed by atoms with van der Waals surface area (Å²) in [4.78, 5) is 9.04. The fourth-order valence-corrected chi connectivity index (χ4v) is 1.94. The first-order valence-corrected chi connectivity index (χ1v) is 5.82. The largest absolute Gasteiger partial charge is 0.432 e. The van der Waals surface area contributed by atoms with Crippen molar-refractivity contribution in [1.29, 1.82) is 0 Å². The van der Waals surface area contributed by atoms with Gasteiger partial charge in [0.05, 0.1) is 5.69 Å². The van der Waals surface area contributed by atoms with Gasteiger partial charge in [-0.2, -0.15) is 4.98 Å². The van der Waals surface area contributed by atoms with E-state index in [2.05, 4.69) is 27.1 Å². The van der Waals surface area contributed by atoms with Crippen molar-refractivity contribution >= 4 is 6.01 Å². The van der Waals surface area contributed by atoms with E-state index in [0.29, 0.717) is 0 Å². The van der Waals surface area contributed by atoms with Gasteiger partial charge in [-0.25, -0.2) is 0 Å². The van der Waals surface area contributed by atoms with Crippen molar-refractivity contribution in [3.8, 4) is 0 Å². The third kappa shape index (κ3) is 2.74. The maximum absolute atomic E-state index is 5.50. The second-order valence-electron chi connectivity index (χ2n) is 4.30. The number of nitrogens with zero attached hydrogens (tertiary/aromatic N) is 3. The number of rotatable bonds is 3. The van der Waals surface area contributed by atoms with Crippen LogP contribution >= 0.6 is 0 Å². The molecule has 2 rings (SSSR count). The predicted octanol–water partition coefficient (Wildman–Crippen LogP) is 0.536. The average Bonchev–Trinajstić information content (AvgIpc) is 2.62. The molecule has 0 atom stereocenters. The molecule has 0 aliphatic carbocycles. The number of oxazole rings is 1. The lowest BCUT2D eigenvalue weighted by atomic mass is 10.4. The molecule has 1 aliphatic heterocycles. The lowest BCUT2D eigenvalue weighted by molar-refractivity contribution is 0.359. The molecule has 0 amide bonds. The van der Waals surface area contributed by atoms with E-state index in [-0.39, 0.29) is 0 Å². The van der Waals surface area contributed by atoms with Crippen molar-refractivity contribution in [2.75, 3.05) is 45.2 Å². The highest BCUT2D eigenvalue weighted by Crippen LogP contribution is 2.15. The summed E-state index contributed by atoms with van der Waals surface area (Å²) in [6.45, 7) is 5.02. The molecule has 16 heavy (non-hydrogen) atoms. The number of hydrogen-bond acceptors (Lipinski definition) is 5. The van der Waals surface area contributed by atoms with E-state index in [0.717, 1.165) is 44.4 Å². The van der Waals surface area contributed by atoms with E-state index in [1.165, 1.54) is 6.42 Å². The second-order valence-corrected chi connectivity index (χ2v) is 4.30. The van der Waals surface area contributed by atoms with Crippen LogP contribution in [0.1, 0.15) is 12.1 Å². The molecule has 1 aromatic heterocycles. The average molecular weight is 224 g/mol. The molecule has 5 nitrogen and oxygen atoms in total. The van der Waals surface area contributed by atoms with E-state index >= 15 is 0 Å². The van der Waals surface area contributed by atoms with Crippen molar-refractivity contribution in [2.45, 2.75) is 13.0 Å². The Bertz CT molecular complexity index is 326. The van der Waals surface area contributed by atoms with Gasteiger partial charge in [-0.05, 0) is 27.1 Å². The first-order chi connectivity index (χ1) is 7.79. The Balaban J connectivity index is 1.99. The van der Waals surface area contributed by atoms with Crippen LogP contribution in [0.15, 0.2) is 10.7 Å². The standard InChI is InChI=1S/C11H20N4O/c1-12-8-10-9-16-11(13-10)15-5-3-4-14(2)6-7-15/h9,12H,3-8H2,1-2H3. The molecule has 90 valence electrons. The summed E-state index contributed by atoms with van der Waals surface area (Å²) >= 11 is 0. The van der Waals surface area contributed by atoms with Crippen LogP contribution in [0, 0.1) is 0 Å². The third-order valence-corrected chi connectivity index (χ3v) is 2.89. The Morgan fingerprint density at radius 2 is 2.25 bits per heavy atom. The molecule has 5 heteroatoms. The number of aromatic nitrogens is 1. The van der Waals surface area contributed by atoms with Crippen LogP contribution in [-0.4, -0.2) is 50.2 Å². The topological polar surface area (TPSA) is 44.5 Å². The maximum atomic E-state index is 5.50. The zero-order valence-corrected chi connectivity index (χ0v) is 10.1. The van der Waals surface area contributed by atoms with Crippen LogP contribution in [0.25, 0.3) is 0 Å². The van der Waals surface area contributed by atoms with Gasteiger partial charge in [0.15, 0.2) is 0 Å². The molecule has 0 aromatic carbocycles. The normalized spacial score (nSPS) is 18.8. The van der Waals surface area contributed by atoms with E-state index in [1.807, 2.05) is 7.05 Å². The van der Waals surface area contributed by atoms with Gasteiger partial charge in [0.2, 0.25) is 0 Å². The molecular formula is C11H20N4O. The molecule has 1 N–H and O–H groups in total. The smallest absolute Gasteiger partial charge is 0.297 e. The van der Waals surface area contributed by atoms with Crippen LogP contribution < -0.4 is 10.2 Å². The van der Waals surface area contributed by atoms with Crippen molar-refractivity contribution < 1.29 is 4.42 Å². The van der Waals surface area contributed by atoms with Crippen LogP contribution in [0.2, 0.25) is 0 Å². The van der Waals surface area contributed by atoms with Gasteiger partial charge in [0.25, 0.3) is 6.01 Å². The van der Waals surface area contributed by atoms with E-state index < -0.39 is 0 Å². The van der Waals surface area contributed by atoms with Crippen molar-refractivity contribution in [3.05, 3.63) is 12.0 Å². The summed E-state index contributed by atoms with van der Waals surface area (Å²) in [6.07, 6.45) is 2.90. The Hall–Kier alpha value is -1.07. The molecule has 1 aromatic rings. The van der Waals surface area contributed by atoms with Gasteiger partial charge in [-0.15, -0.1) is 0 Å². The second kappa shape index (κ2) is 5.32. The number of hydrogen-bond donors (Lipinski definition) is 1. The lowest BCUT2D eigenvalue weighted by Gasteiger charge is -2.17. The molecule has 1 saturated heterocycles. The number of likely N-dealkylation sites (N-methyl/N-ethyl adjacent to an activating group) is 1. The third-order valence-electron chi connectivity index (χ3n) is 2.89. The molecule has 0 unspecified atom stereocenters. The van der Waals surface area contributed by atoms with E-state index in [1.54, 1.807) is 6.26 Å². The molecular weight excluding hydrogens is 204 g/mol. The maximum Gasteiger partial charge on any atom is 0.297 e. The minimum atomic E-state index is 0.761. The Morgan fingerprint density at radius 1 is 1.38 bits per heavy atom. The highest BCUT2D eigenvalue weighted by Gasteiger charge is 2.16. The van der Waals surface area contributed by atoms with Crippen LogP contribution in [0.3, 0.4) is 0 Å². The highest BCUT2D eigenvalue weighted by molar-refractivity contribution is 5.27. The van der Waals surface area contributed by atoms with Crippen molar-refractivity contribution in [1.82, 2.24) is 15.2 Å². The molecule has 0 radical (unpaired) electrons. The summed E-state index contributed by atoms with van der Waals surface area (Å²) in [7, 11) is 4.07. The molecule has 0 spiro atoms. The monoisotopic (exact) mass is 224 g/mol.